The largest absolute Gasteiger partial charge is 0.483 e. The van der Waals surface area contributed by atoms with Gasteiger partial charge in [0, 0.05) is 0 Å². The summed E-state index contributed by atoms with van der Waals surface area (Å²) in [6, 6.07) is 0. The molecule has 0 spiro atoms. The molecule has 54 valence electrons. The smallest absolute Gasteiger partial charge is 0.253 e. The maximum atomic E-state index is 10.2. The molecule has 0 radical (unpaired) electrons. The van der Waals surface area contributed by atoms with E-state index < -0.39 is 10.0 Å². The Hall–Kier alpha value is -0.580. The van der Waals surface area contributed by atoms with Gasteiger partial charge in [-0.05, 0) is 6.92 Å². The van der Waals surface area contributed by atoms with Crippen LogP contribution < -0.4 is 0 Å². The maximum Gasteiger partial charge on any atom is 0.253 e. The molecule has 0 aromatic carbocycles. The molecule has 5 heteroatoms. The second-order valence-corrected chi connectivity index (χ2v) is 3.08. The molecule has 0 aliphatic carbocycles. The molecule has 0 N–H and O–H groups in total. The lowest BCUT2D eigenvalue weighted by atomic mass is 10.9. The highest BCUT2D eigenvalue weighted by Crippen LogP contribution is 1.80. The average Bonchev–Trinajstić information content (AvgIpc) is 1.63. The lowest BCUT2D eigenvalue weighted by Gasteiger charge is -1.88. The van der Waals surface area contributed by atoms with Gasteiger partial charge in [-0.3, -0.25) is 0 Å². The first-order chi connectivity index (χ1) is 4.06. The van der Waals surface area contributed by atoms with Crippen LogP contribution in [0.25, 0.3) is 0 Å². The van der Waals surface area contributed by atoms with Gasteiger partial charge in [-0.25, -0.2) is 8.42 Å². The van der Waals surface area contributed by atoms with Gasteiger partial charge in [0.05, 0.1) is 12.9 Å². The van der Waals surface area contributed by atoms with E-state index in [0.29, 0.717) is 6.61 Å². The Morgan fingerprint density at radius 1 is 1.67 bits per heavy atom. The van der Waals surface area contributed by atoms with Crippen LogP contribution in [0.1, 0.15) is 6.92 Å². The fraction of sp³-hybridized carbons (Fsp3) is 0.750. The summed E-state index contributed by atoms with van der Waals surface area (Å²) in [5.41, 5.74) is 0. The summed E-state index contributed by atoms with van der Waals surface area (Å²) >= 11 is 0. The van der Waals surface area contributed by atoms with Crippen LogP contribution in [0.15, 0.2) is 4.40 Å². The Kier molecular flexibility index (Phi) is 3.22. The molecule has 0 saturated heterocycles. The summed E-state index contributed by atoms with van der Waals surface area (Å²) in [5.74, 6) is 0. The fourth-order valence-electron chi connectivity index (χ4n) is 0.183. The second-order valence-electron chi connectivity index (χ2n) is 1.40. The first-order valence-corrected chi connectivity index (χ1v) is 4.26. The first kappa shape index (κ1) is 8.42. The summed E-state index contributed by atoms with van der Waals surface area (Å²) in [5, 5.41) is 0. The van der Waals surface area contributed by atoms with Crippen LogP contribution in [0, 0.1) is 0 Å². The molecule has 0 saturated carbocycles. The Morgan fingerprint density at radius 3 is 2.56 bits per heavy atom. The molecule has 0 atom stereocenters. The van der Waals surface area contributed by atoms with Crippen LogP contribution in [-0.4, -0.2) is 27.7 Å². The van der Waals surface area contributed by atoms with Crippen molar-refractivity contribution in [3.05, 3.63) is 0 Å². The van der Waals surface area contributed by atoms with Gasteiger partial charge < -0.3 is 4.74 Å². The van der Waals surface area contributed by atoms with Gasteiger partial charge >= 0.3 is 0 Å². The third kappa shape index (κ3) is 7.42. The van der Waals surface area contributed by atoms with Crippen molar-refractivity contribution in [2.24, 2.45) is 4.40 Å². The van der Waals surface area contributed by atoms with E-state index in [0.717, 1.165) is 12.7 Å². The number of rotatable bonds is 3. The minimum Gasteiger partial charge on any atom is -0.483 e. The highest BCUT2D eigenvalue weighted by Gasteiger charge is 1.91. The molecule has 0 heterocycles. The molecular formula is C4H9NO3S. The Morgan fingerprint density at radius 2 is 2.22 bits per heavy atom. The number of sulfonamides is 1. The number of nitrogens with zero attached hydrogens (tertiary/aromatic N) is 1. The van der Waals surface area contributed by atoms with Gasteiger partial charge in [0.1, 0.15) is 0 Å². The van der Waals surface area contributed by atoms with Gasteiger partial charge in [0.25, 0.3) is 10.0 Å². The summed E-state index contributed by atoms with van der Waals surface area (Å²) in [6.45, 7) is 2.17. The predicted octanol–water partition coefficient (Wildman–Crippen LogP) is 0.0108. The normalized spacial score (nSPS) is 12.2. The van der Waals surface area contributed by atoms with Crippen LogP contribution in [0.3, 0.4) is 0 Å². The van der Waals surface area contributed by atoms with E-state index in [1.807, 2.05) is 0 Å². The van der Waals surface area contributed by atoms with Gasteiger partial charge in [-0.15, -0.1) is 4.40 Å². The molecule has 0 fully saturated rings. The first-order valence-electron chi connectivity index (χ1n) is 2.41. The zero-order valence-electron chi connectivity index (χ0n) is 5.36. The second kappa shape index (κ2) is 3.45. The number of ether oxygens (including phenoxy) is 1. The van der Waals surface area contributed by atoms with Crippen LogP contribution >= 0.6 is 0 Å². The highest BCUT2D eigenvalue weighted by atomic mass is 32.2. The Labute approximate surface area is 54.6 Å². The number of hydrogen-bond donors (Lipinski definition) is 0. The minimum absolute atomic E-state index is 0.430. The van der Waals surface area contributed by atoms with Crippen LogP contribution in [0.2, 0.25) is 0 Å². The zero-order valence-corrected chi connectivity index (χ0v) is 6.18. The Balaban J connectivity index is 3.73. The van der Waals surface area contributed by atoms with E-state index in [9.17, 15) is 8.42 Å². The molecular weight excluding hydrogens is 142 g/mol. The predicted molar refractivity (Wildman–Crippen MR) is 35.0 cm³/mol. The number of hydrogen-bond acceptors (Lipinski definition) is 3. The van der Waals surface area contributed by atoms with Gasteiger partial charge in [0.15, 0.2) is 6.40 Å². The summed E-state index contributed by atoms with van der Waals surface area (Å²) in [4.78, 5) is 0. The fourth-order valence-corrected chi connectivity index (χ4v) is 0.400. The van der Waals surface area contributed by atoms with Crippen molar-refractivity contribution in [2.75, 3.05) is 12.9 Å². The Bertz CT molecular complexity index is 182. The van der Waals surface area contributed by atoms with Crippen molar-refractivity contribution < 1.29 is 13.2 Å². The van der Waals surface area contributed by atoms with E-state index in [1.54, 1.807) is 6.92 Å². The van der Waals surface area contributed by atoms with Crippen LogP contribution in [0.4, 0.5) is 0 Å². The van der Waals surface area contributed by atoms with E-state index in [1.165, 1.54) is 0 Å². The van der Waals surface area contributed by atoms with Crippen molar-refractivity contribution in [1.29, 1.82) is 0 Å². The molecule has 0 aliphatic rings. The van der Waals surface area contributed by atoms with Gasteiger partial charge in [-0.1, -0.05) is 0 Å². The third-order valence-corrected chi connectivity index (χ3v) is 0.945. The van der Waals surface area contributed by atoms with E-state index in [-0.39, 0.29) is 0 Å². The molecule has 9 heavy (non-hydrogen) atoms. The third-order valence-electron chi connectivity index (χ3n) is 0.476. The van der Waals surface area contributed by atoms with Crippen molar-refractivity contribution in [3.8, 4) is 0 Å². The molecule has 0 aromatic rings. The zero-order chi connectivity index (χ0) is 7.33. The van der Waals surface area contributed by atoms with Crippen molar-refractivity contribution in [3.63, 3.8) is 0 Å². The lowest BCUT2D eigenvalue weighted by Crippen LogP contribution is -1.93. The van der Waals surface area contributed by atoms with E-state index >= 15 is 0 Å². The molecule has 0 unspecified atom stereocenters. The standard InChI is InChI=1S/C4H9NO3S/c1-3-8-4-5-9(2,6)7/h4H,3H2,1-2H3/b5-4+. The van der Waals surface area contributed by atoms with Crippen LogP contribution in [0.5, 0.6) is 0 Å². The molecule has 0 aromatic heterocycles. The van der Waals surface area contributed by atoms with Crippen molar-refractivity contribution >= 4 is 16.4 Å². The summed E-state index contributed by atoms with van der Waals surface area (Å²) in [6.07, 6.45) is 1.93. The summed E-state index contributed by atoms with van der Waals surface area (Å²) < 4.78 is 28.1. The van der Waals surface area contributed by atoms with Crippen molar-refractivity contribution in [1.82, 2.24) is 0 Å². The lowest BCUT2D eigenvalue weighted by molar-refractivity contribution is 0.344. The molecule has 0 amide bonds. The topological polar surface area (TPSA) is 55.7 Å². The maximum absolute atomic E-state index is 10.2. The van der Waals surface area contributed by atoms with Crippen molar-refractivity contribution in [2.45, 2.75) is 6.92 Å². The van der Waals surface area contributed by atoms with Crippen LogP contribution in [-0.2, 0) is 14.8 Å². The SMILES string of the molecule is CCO/C=N/S(C)(=O)=O. The van der Waals surface area contributed by atoms with E-state index in [2.05, 4.69) is 9.13 Å². The summed E-state index contributed by atoms with van der Waals surface area (Å²) in [7, 11) is -3.25. The minimum atomic E-state index is -3.25. The highest BCUT2D eigenvalue weighted by molar-refractivity contribution is 7.89. The molecule has 0 rings (SSSR count). The monoisotopic (exact) mass is 151 g/mol. The average molecular weight is 151 g/mol. The molecule has 4 nitrogen and oxygen atoms in total. The van der Waals surface area contributed by atoms with Gasteiger partial charge in [-0.2, -0.15) is 0 Å². The van der Waals surface area contributed by atoms with Gasteiger partial charge in [0.2, 0.25) is 0 Å². The molecule has 0 bridgehead atoms. The van der Waals surface area contributed by atoms with E-state index in [4.69, 9.17) is 0 Å². The quantitative estimate of drug-likeness (QED) is 0.421. The molecule has 0 aliphatic heterocycles.